The molecule has 0 spiro atoms. The summed E-state index contributed by atoms with van der Waals surface area (Å²) in [5, 5.41) is 21.1. The van der Waals surface area contributed by atoms with Crippen LogP contribution in [0.2, 0.25) is 0 Å². The van der Waals surface area contributed by atoms with Gasteiger partial charge < -0.3 is 0 Å². The molecule has 70 valence electrons. The highest BCUT2D eigenvalue weighted by molar-refractivity contribution is 5.60. The van der Waals surface area contributed by atoms with Gasteiger partial charge in [-0.3, -0.25) is 4.68 Å². The molecule has 4 nitrogen and oxygen atoms in total. The van der Waals surface area contributed by atoms with Crippen molar-refractivity contribution in [2.24, 2.45) is 0 Å². The van der Waals surface area contributed by atoms with E-state index < -0.39 is 0 Å². The molecule has 0 aliphatic carbocycles. The van der Waals surface area contributed by atoms with Crippen molar-refractivity contribution in [2.75, 3.05) is 0 Å². The molecule has 0 bridgehead atoms. The summed E-state index contributed by atoms with van der Waals surface area (Å²) in [4.78, 5) is 0. The number of hydrogen-bond donors (Lipinski definition) is 0. The maximum atomic E-state index is 8.53. The summed E-state index contributed by atoms with van der Waals surface area (Å²) in [5.41, 5.74) is 0.887. The van der Waals surface area contributed by atoms with Crippen molar-refractivity contribution < 1.29 is 0 Å². The summed E-state index contributed by atoms with van der Waals surface area (Å²) >= 11 is 0. The molecule has 0 unspecified atom stereocenters. The third-order valence-corrected chi connectivity index (χ3v) is 1.66. The Kier molecular flexibility index (Phi) is 3.46. The van der Waals surface area contributed by atoms with Gasteiger partial charge in [-0.05, 0) is 12.5 Å². The molecular formula is C10H10N4. The number of nitriles is 2. The molecule has 0 aliphatic rings. The molecule has 1 aromatic heterocycles. The molecule has 0 saturated heterocycles. The van der Waals surface area contributed by atoms with E-state index in [0.29, 0.717) is 0 Å². The van der Waals surface area contributed by atoms with Crippen molar-refractivity contribution in [1.29, 1.82) is 10.5 Å². The van der Waals surface area contributed by atoms with E-state index in [-0.39, 0.29) is 5.57 Å². The summed E-state index contributed by atoms with van der Waals surface area (Å²) in [5.74, 6) is 0. The average Bonchev–Trinajstić information content (AvgIpc) is 2.63. The predicted octanol–water partition coefficient (Wildman–Crippen LogP) is 1.72. The van der Waals surface area contributed by atoms with Gasteiger partial charge >= 0.3 is 0 Å². The van der Waals surface area contributed by atoms with Crippen LogP contribution >= 0.6 is 0 Å². The second-order valence-corrected chi connectivity index (χ2v) is 2.82. The van der Waals surface area contributed by atoms with Crippen LogP contribution in [0.1, 0.15) is 18.9 Å². The maximum absolute atomic E-state index is 8.53. The Morgan fingerprint density at radius 3 is 2.86 bits per heavy atom. The fourth-order valence-electron chi connectivity index (χ4n) is 1.06. The van der Waals surface area contributed by atoms with Crippen molar-refractivity contribution >= 4 is 6.08 Å². The number of allylic oxidation sites excluding steroid dienone is 1. The van der Waals surface area contributed by atoms with Crippen LogP contribution in [-0.4, -0.2) is 9.78 Å². The summed E-state index contributed by atoms with van der Waals surface area (Å²) < 4.78 is 1.79. The molecule has 0 aliphatic heterocycles. The first-order valence-electron chi connectivity index (χ1n) is 4.34. The van der Waals surface area contributed by atoms with Crippen LogP contribution in [0.3, 0.4) is 0 Å². The molecule has 1 heterocycles. The Labute approximate surface area is 82.7 Å². The van der Waals surface area contributed by atoms with E-state index in [1.165, 1.54) is 6.08 Å². The number of aromatic nitrogens is 2. The molecule has 4 heteroatoms. The molecule has 14 heavy (non-hydrogen) atoms. The van der Waals surface area contributed by atoms with Gasteiger partial charge in [0.25, 0.3) is 0 Å². The summed E-state index contributed by atoms with van der Waals surface area (Å²) in [6, 6.07) is 3.61. The topological polar surface area (TPSA) is 65.4 Å². The van der Waals surface area contributed by atoms with Crippen LogP contribution < -0.4 is 0 Å². The largest absolute Gasteiger partial charge is 0.272 e. The first kappa shape index (κ1) is 10.0. The van der Waals surface area contributed by atoms with Crippen LogP contribution in [0.4, 0.5) is 0 Å². The van der Waals surface area contributed by atoms with Gasteiger partial charge in [-0.25, -0.2) is 0 Å². The lowest BCUT2D eigenvalue weighted by Crippen LogP contribution is -1.95. The first-order chi connectivity index (χ1) is 6.80. The quantitative estimate of drug-likeness (QED) is 0.675. The van der Waals surface area contributed by atoms with E-state index in [2.05, 4.69) is 12.0 Å². The van der Waals surface area contributed by atoms with Crippen LogP contribution in [0.15, 0.2) is 18.0 Å². The van der Waals surface area contributed by atoms with E-state index in [0.717, 1.165) is 18.5 Å². The second kappa shape index (κ2) is 4.84. The third-order valence-electron chi connectivity index (χ3n) is 1.66. The van der Waals surface area contributed by atoms with Gasteiger partial charge in [0.05, 0.1) is 6.20 Å². The highest BCUT2D eigenvalue weighted by atomic mass is 15.3. The normalized spacial score (nSPS) is 8.79. The van der Waals surface area contributed by atoms with Gasteiger partial charge in [-0.15, -0.1) is 0 Å². The Morgan fingerprint density at radius 2 is 2.29 bits per heavy atom. The van der Waals surface area contributed by atoms with E-state index in [1.807, 2.05) is 6.20 Å². The number of nitrogens with zero attached hydrogens (tertiary/aromatic N) is 4. The molecule has 0 saturated carbocycles. The average molecular weight is 186 g/mol. The zero-order valence-electron chi connectivity index (χ0n) is 7.94. The minimum atomic E-state index is 0.0982. The van der Waals surface area contributed by atoms with Gasteiger partial charge in [0.2, 0.25) is 0 Å². The van der Waals surface area contributed by atoms with Gasteiger partial charge in [-0.1, -0.05) is 6.92 Å². The lowest BCUT2D eigenvalue weighted by Gasteiger charge is -1.93. The Morgan fingerprint density at radius 1 is 1.57 bits per heavy atom. The minimum Gasteiger partial charge on any atom is -0.272 e. The lowest BCUT2D eigenvalue weighted by atomic mass is 10.2. The molecule has 1 aromatic rings. The summed E-state index contributed by atoms with van der Waals surface area (Å²) in [7, 11) is 0. The van der Waals surface area contributed by atoms with Gasteiger partial charge in [-0.2, -0.15) is 15.6 Å². The zero-order valence-corrected chi connectivity index (χ0v) is 7.94. The van der Waals surface area contributed by atoms with Crippen LogP contribution in [-0.2, 0) is 6.54 Å². The van der Waals surface area contributed by atoms with Crippen LogP contribution in [0.25, 0.3) is 6.08 Å². The molecule has 0 radical (unpaired) electrons. The van der Waals surface area contributed by atoms with E-state index in [1.54, 1.807) is 23.0 Å². The predicted molar refractivity (Wildman–Crippen MR) is 51.7 cm³/mol. The van der Waals surface area contributed by atoms with Gasteiger partial charge in [0, 0.05) is 18.3 Å². The van der Waals surface area contributed by atoms with Crippen molar-refractivity contribution in [3.05, 3.63) is 23.5 Å². The van der Waals surface area contributed by atoms with Crippen molar-refractivity contribution in [3.8, 4) is 12.1 Å². The number of rotatable bonds is 3. The molecule has 0 amide bonds. The highest BCUT2D eigenvalue weighted by Gasteiger charge is 1.97. The summed E-state index contributed by atoms with van der Waals surface area (Å²) in [6.45, 7) is 2.91. The van der Waals surface area contributed by atoms with Crippen LogP contribution in [0, 0.1) is 22.7 Å². The van der Waals surface area contributed by atoms with Crippen molar-refractivity contribution in [1.82, 2.24) is 9.78 Å². The van der Waals surface area contributed by atoms with Crippen LogP contribution in [0.5, 0.6) is 0 Å². The van der Waals surface area contributed by atoms with E-state index >= 15 is 0 Å². The smallest absolute Gasteiger partial charge is 0.130 e. The van der Waals surface area contributed by atoms with E-state index in [9.17, 15) is 0 Å². The standard InChI is InChI=1S/C10H10N4/c1-2-3-14-8-10(7-13-14)4-9(5-11)6-12/h4,7-8H,2-3H2,1H3. The molecule has 0 atom stereocenters. The zero-order chi connectivity index (χ0) is 10.4. The Bertz CT molecular complexity index is 398. The van der Waals surface area contributed by atoms with Gasteiger partial charge in [0.1, 0.15) is 17.7 Å². The van der Waals surface area contributed by atoms with Crippen molar-refractivity contribution in [3.63, 3.8) is 0 Å². The second-order valence-electron chi connectivity index (χ2n) is 2.82. The summed E-state index contributed by atoms with van der Waals surface area (Å²) in [6.07, 6.45) is 6.00. The third kappa shape index (κ3) is 2.46. The number of aryl methyl sites for hydroxylation is 1. The molecule has 0 aromatic carbocycles. The minimum absolute atomic E-state index is 0.0982. The highest BCUT2D eigenvalue weighted by Crippen LogP contribution is 2.04. The lowest BCUT2D eigenvalue weighted by molar-refractivity contribution is 0.602. The molecule has 1 rings (SSSR count). The SMILES string of the molecule is CCCn1cc(C=C(C#N)C#N)cn1. The van der Waals surface area contributed by atoms with Crippen molar-refractivity contribution in [2.45, 2.75) is 19.9 Å². The molecular weight excluding hydrogens is 176 g/mol. The monoisotopic (exact) mass is 186 g/mol. The molecule has 0 fully saturated rings. The molecule has 0 N–H and O–H groups in total. The maximum Gasteiger partial charge on any atom is 0.130 e. The number of hydrogen-bond acceptors (Lipinski definition) is 3. The van der Waals surface area contributed by atoms with Gasteiger partial charge in [0.15, 0.2) is 0 Å². The Hall–Kier alpha value is -2.07. The van der Waals surface area contributed by atoms with E-state index in [4.69, 9.17) is 10.5 Å². The fraction of sp³-hybridized carbons (Fsp3) is 0.300. The Balaban J connectivity index is 2.84. The fourth-order valence-corrected chi connectivity index (χ4v) is 1.06. The first-order valence-corrected chi connectivity index (χ1v) is 4.34.